The lowest BCUT2D eigenvalue weighted by molar-refractivity contribution is -0.419. The number of hydrogen-bond donors (Lipinski definition) is 1. The number of benzene rings is 1. The van der Waals surface area contributed by atoms with Gasteiger partial charge in [-0.15, -0.1) is 0 Å². The highest BCUT2D eigenvalue weighted by Gasteiger charge is 2.22. The molecule has 0 aliphatic heterocycles. The van der Waals surface area contributed by atoms with E-state index in [4.69, 9.17) is 0 Å². The van der Waals surface area contributed by atoms with Gasteiger partial charge in [-0.3, -0.25) is 4.79 Å². The molecule has 0 aromatic heterocycles. The third-order valence-corrected chi connectivity index (χ3v) is 2.53. The maximum Gasteiger partial charge on any atom is 0.306 e. The molecule has 1 aromatic carbocycles. The minimum Gasteiger partial charge on any atom is -0.469 e. The summed E-state index contributed by atoms with van der Waals surface area (Å²) in [6.07, 6.45) is 0.394. The second kappa shape index (κ2) is 5.51. The van der Waals surface area contributed by atoms with E-state index in [0.717, 1.165) is 5.56 Å². The monoisotopic (exact) mass is 208 g/mol. The maximum absolute atomic E-state index is 11.2. The number of ether oxygens (including phenoxy) is 1. The highest BCUT2D eigenvalue weighted by Crippen LogP contribution is 2.21. The van der Waals surface area contributed by atoms with Crippen molar-refractivity contribution < 1.29 is 15.3 Å². The average Bonchev–Trinajstić information content (AvgIpc) is 2.26. The minimum atomic E-state index is -0.181. The Morgan fingerprint density at radius 2 is 2.00 bits per heavy atom. The summed E-state index contributed by atoms with van der Waals surface area (Å²) in [7, 11) is 1.41. The second-order valence-corrected chi connectivity index (χ2v) is 3.77. The van der Waals surface area contributed by atoms with Gasteiger partial charge in [0.05, 0.1) is 19.6 Å². The molecule has 0 radical (unpaired) electrons. The Morgan fingerprint density at radius 3 is 2.47 bits per heavy atom. The van der Waals surface area contributed by atoms with Gasteiger partial charge in [-0.1, -0.05) is 30.3 Å². The van der Waals surface area contributed by atoms with Crippen molar-refractivity contribution in [3.05, 3.63) is 35.9 Å². The molecule has 82 valence electrons. The number of hydrogen-bond acceptors (Lipinski definition) is 2. The van der Waals surface area contributed by atoms with Crippen molar-refractivity contribution in [3.8, 4) is 0 Å². The van der Waals surface area contributed by atoms with Gasteiger partial charge in [0.2, 0.25) is 0 Å². The van der Waals surface area contributed by atoms with Crippen molar-refractivity contribution in [3.63, 3.8) is 0 Å². The van der Waals surface area contributed by atoms with Crippen molar-refractivity contribution in [2.24, 2.45) is 0 Å². The van der Waals surface area contributed by atoms with Crippen molar-refractivity contribution in [1.29, 1.82) is 0 Å². The van der Waals surface area contributed by atoms with Crippen LogP contribution in [0.25, 0.3) is 0 Å². The van der Waals surface area contributed by atoms with Crippen molar-refractivity contribution in [2.75, 3.05) is 7.11 Å². The van der Waals surface area contributed by atoms with Crippen LogP contribution in [0.4, 0.5) is 0 Å². The first kappa shape index (κ1) is 11.7. The largest absolute Gasteiger partial charge is 0.469 e. The van der Waals surface area contributed by atoms with Crippen LogP contribution in [-0.4, -0.2) is 19.1 Å². The summed E-state index contributed by atoms with van der Waals surface area (Å²) < 4.78 is 4.69. The molecule has 15 heavy (non-hydrogen) atoms. The fraction of sp³-hybridized carbons (Fsp3) is 0.417. The van der Waals surface area contributed by atoms with Crippen LogP contribution in [0.3, 0.4) is 0 Å². The first-order valence-corrected chi connectivity index (χ1v) is 5.10. The number of quaternary nitrogens is 1. The molecule has 2 atom stereocenters. The van der Waals surface area contributed by atoms with Gasteiger partial charge in [-0.2, -0.15) is 0 Å². The van der Waals surface area contributed by atoms with E-state index in [-0.39, 0.29) is 17.9 Å². The topological polar surface area (TPSA) is 53.9 Å². The lowest BCUT2D eigenvalue weighted by atomic mass is 9.90. The van der Waals surface area contributed by atoms with Crippen LogP contribution in [0.5, 0.6) is 0 Å². The molecule has 0 aliphatic carbocycles. The number of carbonyl (C=O) groups is 1. The van der Waals surface area contributed by atoms with Crippen molar-refractivity contribution >= 4 is 5.97 Å². The fourth-order valence-corrected chi connectivity index (χ4v) is 1.61. The molecule has 0 amide bonds. The van der Waals surface area contributed by atoms with E-state index >= 15 is 0 Å². The Balaban J connectivity index is 2.79. The summed E-state index contributed by atoms with van der Waals surface area (Å²) in [5.41, 5.74) is 5.14. The molecule has 0 bridgehead atoms. The molecule has 0 unspecified atom stereocenters. The predicted molar refractivity (Wildman–Crippen MR) is 58.2 cm³/mol. The van der Waals surface area contributed by atoms with Crippen LogP contribution in [0.15, 0.2) is 30.3 Å². The van der Waals surface area contributed by atoms with E-state index < -0.39 is 0 Å². The van der Waals surface area contributed by atoms with Crippen LogP contribution < -0.4 is 5.73 Å². The van der Waals surface area contributed by atoms with Gasteiger partial charge in [-0.05, 0) is 12.5 Å². The first-order valence-electron chi connectivity index (χ1n) is 5.10. The van der Waals surface area contributed by atoms with E-state index in [1.54, 1.807) is 0 Å². The lowest BCUT2D eigenvalue weighted by Gasteiger charge is -2.17. The Kier molecular flexibility index (Phi) is 4.31. The fourth-order valence-electron chi connectivity index (χ4n) is 1.61. The van der Waals surface area contributed by atoms with Crippen molar-refractivity contribution in [2.45, 2.75) is 25.3 Å². The minimum absolute atomic E-state index is 0.138. The molecule has 3 heteroatoms. The summed E-state index contributed by atoms with van der Waals surface area (Å²) in [4.78, 5) is 11.2. The highest BCUT2D eigenvalue weighted by molar-refractivity contribution is 5.70. The molecule has 0 heterocycles. The van der Waals surface area contributed by atoms with Gasteiger partial charge in [-0.25, -0.2) is 0 Å². The predicted octanol–water partition coefficient (Wildman–Crippen LogP) is 0.964. The summed E-state index contributed by atoms with van der Waals surface area (Å²) in [6, 6.07) is 10.1. The Morgan fingerprint density at radius 1 is 1.40 bits per heavy atom. The van der Waals surface area contributed by atoms with Crippen LogP contribution in [-0.2, 0) is 9.53 Å². The second-order valence-electron chi connectivity index (χ2n) is 3.77. The smallest absolute Gasteiger partial charge is 0.306 e. The highest BCUT2D eigenvalue weighted by atomic mass is 16.5. The first-order chi connectivity index (χ1) is 7.15. The molecule has 0 spiro atoms. The number of carbonyl (C=O) groups excluding carboxylic acids is 1. The zero-order valence-corrected chi connectivity index (χ0v) is 9.27. The van der Waals surface area contributed by atoms with Crippen LogP contribution in [0, 0.1) is 0 Å². The molecule has 3 nitrogen and oxygen atoms in total. The third kappa shape index (κ3) is 3.36. The lowest BCUT2D eigenvalue weighted by Crippen LogP contribution is -2.62. The number of esters is 1. The van der Waals surface area contributed by atoms with Gasteiger partial charge < -0.3 is 10.5 Å². The SMILES string of the molecule is COC(=O)C[C@@H](c1ccccc1)[C@@H](C)[NH3+]. The summed E-state index contributed by atoms with van der Waals surface area (Å²) >= 11 is 0. The Bertz CT molecular complexity index is 309. The zero-order valence-electron chi connectivity index (χ0n) is 9.27. The molecular formula is C12H18NO2+. The van der Waals surface area contributed by atoms with Gasteiger partial charge in [0.15, 0.2) is 0 Å². The molecule has 3 N–H and O–H groups in total. The molecule has 0 aliphatic rings. The van der Waals surface area contributed by atoms with Crippen LogP contribution in [0.2, 0.25) is 0 Å². The van der Waals surface area contributed by atoms with E-state index in [1.165, 1.54) is 7.11 Å². The van der Waals surface area contributed by atoms with E-state index in [2.05, 4.69) is 10.5 Å². The average molecular weight is 208 g/mol. The van der Waals surface area contributed by atoms with Gasteiger partial charge in [0, 0.05) is 5.92 Å². The van der Waals surface area contributed by atoms with Crippen molar-refractivity contribution in [1.82, 2.24) is 0 Å². The normalized spacial score (nSPS) is 14.3. The Labute approximate surface area is 90.2 Å². The zero-order chi connectivity index (χ0) is 11.3. The summed E-state index contributed by atoms with van der Waals surface area (Å²) in [5.74, 6) is -0.0435. The molecule has 0 fully saturated rings. The standard InChI is InChI=1S/C12H17NO2/c1-9(13)11(8-12(14)15-2)10-6-4-3-5-7-10/h3-7,9,11H,8,13H2,1-2H3/p+1/t9-,11-/m1/s1. The number of rotatable bonds is 4. The molecular weight excluding hydrogens is 190 g/mol. The van der Waals surface area contributed by atoms with Gasteiger partial charge in [0.25, 0.3) is 0 Å². The van der Waals surface area contributed by atoms with Gasteiger partial charge in [0.1, 0.15) is 0 Å². The molecule has 0 saturated carbocycles. The van der Waals surface area contributed by atoms with E-state index in [1.807, 2.05) is 37.3 Å². The molecule has 0 saturated heterocycles. The number of methoxy groups -OCH3 is 1. The summed E-state index contributed by atoms with van der Waals surface area (Å²) in [5, 5.41) is 0. The quantitative estimate of drug-likeness (QED) is 0.749. The third-order valence-electron chi connectivity index (χ3n) is 2.53. The molecule has 1 rings (SSSR count). The molecule has 1 aromatic rings. The van der Waals surface area contributed by atoms with Crippen LogP contribution >= 0.6 is 0 Å². The summed E-state index contributed by atoms with van der Waals surface area (Å²) in [6.45, 7) is 2.01. The maximum atomic E-state index is 11.2. The van der Waals surface area contributed by atoms with Crippen LogP contribution in [0.1, 0.15) is 24.8 Å². The Hall–Kier alpha value is -1.35. The van der Waals surface area contributed by atoms with Gasteiger partial charge >= 0.3 is 5.97 Å². The van der Waals surface area contributed by atoms with E-state index in [0.29, 0.717) is 6.42 Å². The van der Waals surface area contributed by atoms with E-state index in [9.17, 15) is 4.79 Å².